The molecule has 0 aliphatic heterocycles. The van der Waals surface area contributed by atoms with Gasteiger partial charge in [-0.15, -0.1) is 0 Å². The Hall–Kier alpha value is -0.740. The number of hydrogen-bond acceptors (Lipinski definition) is 1. The second-order valence-electron chi connectivity index (χ2n) is 3.25. The standard InChI is InChI=1S/C12H11Br2NO/c1-2-16-12-8(10-4-3-7-15-10)5-6-9(13)11(12)14/h3-7,15H,2H2,1H3. The molecule has 1 aromatic heterocycles. The number of halogens is 2. The van der Waals surface area contributed by atoms with E-state index in [9.17, 15) is 0 Å². The molecule has 0 atom stereocenters. The number of nitrogens with one attached hydrogen (secondary N) is 1. The van der Waals surface area contributed by atoms with Crippen molar-refractivity contribution in [3.63, 3.8) is 0 Å². The zero-order chi connectivity index (χ0) is 11.5. The van der Waals surface area contributed by atoms with Gasteiger partial charge in [-0.1, -0.05) is 0 Å². The van der Waals surface area contributed by atoms with E-state index in [1.54, 1.807) is 0 Å². The van der Waals surface area contributed by atoms with E-state index in [0.29, 0.717) is 6.61 Å². The normalized spacial score (nSPS) is 10.4. The molecule has 0 bridgehead atoms. The van der Waals surface area contributed by atoms with Gasteiger partial charge in [0.2, 0.25) is 0 Å². The molecule has 0 amide bonds. The lowest BCUT2D eigenvalue weighted by Gasteiger charge is -2.12. The lowest BCUT2D eigenvalue weighted by molar-refractivity contribution is 0.339. The number of benzene rings is 1. The first kappa shape index (κ1) is 11.7. The molecule has 4 heteroatoms. The summed E-state index contributed by atoms with van der Waals surface area (Å²) < 4.78 is 7.61. The minimum atomic E-state index is 0.642. The highest BCUT2D eigenvalue weighted by Gasteiger charge is 2.13. The zero-order valence-corrected chi connectivity index (χ0v) is 11.9. The minimum Gasteiger partial charge on any atom is -0.492 e. The average Bonchev–Trinajstić information content (AvgIpc) is 2.79. The van der Waals surface area contributed by atoms with E-state index in [-0.39, 0.29) is 0 Å². The molecule has 1 heterocycles. The Bertz CT molecular complexity index is 480. The van der Waals surface area contributed by atoms with Crippen molar-refractivity contribution in [1.82, 2.24) is 4.98 Å². The molecular weight excluding hydrogens is 334 g/mol. The second-order valence-corrected chi connectivity index (χ2v) is 4.90. The molecule has 2 rings (SSSR count). The number of rotatable bonds is 3. The number of aromatic nitrogens is 1. The van der Waals surface area contributed by atoms with Crippen LogP contribution >= 0.6 is 31.9 Å². The molecule has 0 fully saturated rings. The maximum atomic E-state index is 5.68. The molecular formula is C12H11Br2NO. The summed E-state index contributed by atoms with van der Waals surface area (Å²) in [5, 5.41) is 0. The number of H-pyrrole nitrogens is 1. The average molecular weight is 345 g/mol. The maximum absolute atomic E-state index is 5.68. The monoisotopic (exact) mass is 343 g/mol. The van der Waals surface area contributed by atoms with Crippen molar-refractivity contribution in [3.8, 4) is 17.0 Å². The van der Waals surface area contributed by atoms with Crippen molar-refractivity contribution in [2.75, 3.05) is 6.61 Å². The van der Waals surface area contributed by atoms with Gasteiger partial charge in [-0.2, -0.15) is 0 Å². The molecule has 0 aliphatic rings. The van der Waals surface area contributed by atoms with E-state index in [1.165, 1.54) is 0 Å². The van der Waals surface area contributed by atoms with Crippen LogP contribution in [0.3, 0.4) is 0 Å². The maximum Gasteiger partial charge on any atom is 0.143 e. The Morgan fingerprint density at radius 1 is 1.25 bits per heavy atom. The molecule has 0 unspecified atom stereocenters. The van der Waals surface area contributed by atoms with Crippen LogP contribution in [0.15, 0.2) is 39.4 Å². The predicted molar refractivity (Wildman–Crippen MR) is 72.8 cm³/mol. The van der Waals surface area contributed by atoms with E-state index < -0.39 is 0 Å². The molecule has 1 aromatic carbocycles. The Balaban J connectivity index is 2.57. The van der Waals surface area contributed by atoms with Crippen molar-refractivity contribution in [1.29, 1.82) is 0 Å². The smallest absolute Gasteiger partial charge is 0.143 e. The highest BCUT2D eigenvalue weighted by Crippen LogP contribution is 2.40. The number of hydrogen-bond donors (Lipinski definition) is 1. The van der Waals surface area contributed by atoms with E-state index in [4.69, 9.17) is 4.74 Å². The third-order valence-electron chi connectivity index (χ3n) is 2.23. The van der Waals surface area contributed by atoms with Gasteiger partial charge in [0.05, 0.1) is 11.1 Å². The van der Waals surface area contributed by atoms with Gasteiger partial charge in [0.15, 0.2) is 0 Å². The van der Waals surface area contributed by atoms with Crippen LogP contribution in [-0.2, 0) is 0 Å². The van der Waals surface area contributed by atoms with Crippen LogP contribution < -0.4 is 4.74 Å². The van der Waals surface area contributed by atoms with Crippen molar-refractivity contribution in [2.24, 2.45) is 0 Å². The summed E-state index contributed by atoms with van der Waals surface area (Å²) in [4.78, 5) is 3.18. The summed E-state index contributed by atoms with van der Waals surface area (Å²) in [6.45, 7) is 2.62. The van der Waals surface area contributed by atoms with E-state index in [1.807, 2.05) is 37.4 Å². The molecule has 0 aliphatic carbocycles. The highest BCUT2D eigenvalue weighted by atomic mass is 79.9. The molecule has 1 N–H and O–H groups in total. The van der Waals surface area contributed by atoms with Crippen LogP contribution in [0, 0.1) is 0 Å². The fourth-order valence-corrected chi connectivity index (χ4v) is 2.30. The Labute approximate surface area is 111 Å². The summed E-state index contributed by atoms with van der Waals surface area (Å²) in [6, 6.07) is 8.04. The molecule has 0 radical (unpaired) electrons. The Morgan fingerprint density at radius 2 is 2.06 bits per heavy atom. The molecule has 84 valence electrons. The van der Waals surface area contributed by atoms with Gasteiger partial charge in [-0.25, -0.2) is 0 Å². The van der Waals surface area contributed by atoms with E-state index in [2.05, 4.69) is 36.8 Å². The van der Waals surface area contributed by atoms with Crippen molar-refractivity contribution in [3.05, 3.63) is 39.4 Å². The third-order valence-corrected chi connectivity index (χ3v) is 4.21. The topological polar surface area (TPSA) is 25.0 Å². The van der Waals surface area contributed by atoms with Gasteiger partial charge in [-0.05, 0) is 63.0 Å². The lowest BCUT2D eigenvalue weighted by Crippen LogP contribution is -1.95. The van der Waals surface area contributed by atoms with Crippen LogP contribution in [-0.4, -0.2) is 11.6 Å². The lowest BCUT2D eigenvalue weighted by atomic mass is 10.1. The van der Waals surface area contributed by atoms with Crippen LogP contribution in [0.25, 0.3) is 11.3 Å². The van der Waals surface area contributed by atoms with Gasteiger partial charge >= 0.3 is 0 Å². The highest BCUT2D eigenvalue weighted by molar-refractivity contribution is 9.13. The SMILES string of the molecule is CCOc1c(-c2ccc[nH]2)ccc(Br)c1Br. The number of aromatic amines is 1. The quantitative estimate of drug-likeness (QED) is 0.864. The van der Waals surface area contributed by atoms with Crippen LogP contribution in [0.5, 0.6) is 5.75 Å². The second kappa shape index (κ2) is 5.06. The fourth-order valence-electron chi connectivity index (χ4n) is 1.53. The van der Waals surface area contributed by atoms with Gasteiger partial charge < -0.3 is 9.72 Å². The molecule has 2 aromatic rings. The number of ether oxygens (including phenoxy) is 1. The van der Waals surface area contributed by atoms with Crippen molar-refractivity contribution in [2.45, 2.75) is 6.92 Å². The molecule has 0 saturated carbocycles. The van der Waals surface area contributed by atoms with Gasteiger partial charge in [0.25, 0.3) is 0 Å². The van der Waals surface area contributed by atoms with Crippen LogP contribution in [0.4, 0.5) is 0 Å². The Morgan fingerprint density at radius 3 is 2.69 bits per heavy atom. The summed E-state index contributed by atoms with van der Waals surface area (Å²) in [5.74, 6) is 0.860. The Kier molecular flexibility index (Phi) is 3.71. The summed E-state index contributed by atoms with van der Waals surface area (Å²) in [6.07, 6.45) is 1.90. The van der Waals surface area contributed by atoms with Gasteiger partial charge in [-0.3, -0.25) is 0 Å². The molecule has 2 nitrogen and oxygen atoms in total. The zero-order valence-electron chi connectivity index (χ0n) is 8.76. The summed E-state index contributed by atoms with van der Waals surface area (Å²) in [5.41, 5.74) is 2.11. The first-order valence-corrected chi connectivity index (χ1v) is 6.57. The third kappa shape index (κ3) is 2.18. The van der Waals surface area contributed by atoms with Gasteiger partial charge in [0, 0.05) is 21.9 Å². The van der Waals surface area contributed by atoms with Crippen molar-refractivity contribution < 1.29 is 4.74 Å². The first-order chi connectivity index (χ1) is 7.74. The summed E-state index contributed by atoms with van der Waals surface area (Å²) in [7, 11) is 0. The van der Waals surface area contributed by atoms with Crippen LogP contribution in [0.1, 0.15) is 6.92 Å². The van der Waals surface area contributed by atoms with E-state index >= 15 is 0 Å². The first-order valence-electron chi connectivity index (χ1n) is 4.98. The van der Waals surface area contributed by atoms with Crippen molar-refractivity contribution >= 4 is 31.9 Å². The largest absolute Gasteiger partial charge is 0.492 e. The predicted octanol–water partition coefficient (Wildman–Crippen LogP) is 4.61. The van der Waals surface area contributed by atoms with Gasteiger partial charge in [0.1, 0.15) is 5.75 Å². The van der Waals surface area contributed by atoms with E-state index in [0.717, 1.165) is 26.0 Å². The minimum absolute atomic E-state index is 0.642. The molecule has 0 spiro atoms. The molecule has 16 heavy (non-hydrogen) atoms. The molecule has 0 saturated heterocycles. The van der Waals surface area contributed by atoms with Crippen LogP contribution in [0.2, 0.25) is 0 Å². The fraction of sp³-hybridized carbons (Fsp3) is 0.167. The summed E-state index contributed by atoms with van der Waals surface area (Å²) >= 11 is 7.01.